The second-order valence-electron chi connectivity index (χ2n) is 11.1. The second-order valence-corrected chi connectivity index (χ2v) is 11.6. The molecule has 1 aromatic carbocycles. The van der Waals surface area contributed by atoms with E-state index in [-0.39, 0.29) is 11.9 Å². The minimum Gasteiger partial charge on any atom is -0.475 e. The van der Waals surface area contributed by atoms with Crippen LogP contribution in [0.3, 0.4) is 0 Å². The second kappa shape index (κ2) is 13.9. The Morgan fingerprint density at radius 3 is 2.38 bits per heavy atom. The van der Waals surface area contributed by atoms with Crippen LogP contribution >= 0.6 is 11.6 Å². The number of hydrogen-bond donors (Lipinski definition) is 3. The van der Waals surface area contributed by atoms with Crippen LogP contribution < -0.4 is 5.32 Å². The fraction of sp³-hybridized carbons (Fsp3) is 0.419. The molecular formula is C31H33ClF3N5O5. The van der Waals surface area contributed by atoms with Gasteiger partial charge in [0.1, 0.15) is 5.65 Å². The summed E-state index contributed by atoms with van der Waals surface area (Å²) < 4.78 is 37.1. The van der Waals surface area contributed by atoms with Crippen molar-refractivity contribution in [2.24, 2.45) is 0 Å². The van der Waals surface area contributed by atoms with Crippen LogP contribution in [0.5, 0.6) is 0 Å². The van der Waals surface area contributed by atoms with Gasteiger partial charge in [0.05, 0.1) is 13.2 Å². The lowest BCUT2D eigenvalue weighted by molar-refractivity contribution is -0.192. The molecule has 240 valence electrons. The van der Waals surface area contributed by atoms with Crippen LogP contribution in [-0.2, 0) is 9.53 Å². The molecule has 6 rings (SSSR count). The molecule has 1 saturated heterocycles. The number of carbonyl (C=O) groups is 3. The van der Waals surface area contributed by atoms with E-state index in [2.05, 4.69) is 27.4 Å². The number of carboxylic acids is 1. The number of carbonyl (C=O) groups excluding carboxylic acids is 2. The van der Waals surface area contributed by atoms with E-state index in [9.17, 15) is 22.8 Å². The van der Waals surface area contributed by atoms with Gasteiger partial charge >= 0.3 is 18.2 Å². The van der Waals surface area contributed by atoms with Gasteiger partial charge in [-0.1, -0.05) is 30.5 Å². The molecule has 14 heteroatoms. The summed E-state index contributed by atoms with van der Waals surface area (Å²) in [6.45, 7) is 3.54. The molecule has 3 N–H and O–H groups in total. The Kier molecular flexibility index (Phi) is 9.98. The first-order valence-corrected chi connectivity index (χ1v) is 15.1. The van der Waals surface area contributed by atoms with Gasteiger partial charge in [-0.2, -0.15) is 13.2 Å². The first-order chi connectivity index (χ1) is 21.5. The average Bonchev–Trinajstić information content (AvgIpc) is 3.70. The number of morpholine rings is 1. The number of amides is 3. The van der Waals surface area contributed by atoms with Crippen LogP contribution in [0.1, 0.15) is 48.0 Å². The molecule has 0 spiro atoms. The largest absolute Gasteiger partial charge is 0.490 e. The first-order valence-electron chi connectivity index (χ1n) is 14.7. The van der Waals surface area contributed by atoms with E-state index in [1.54, 1.807) is 11.0 Å². The fourth-order valence-corrected chi connectivity index (χ4v) is 5.93. The monoisotopic (exact) mass is 647 g/mol. The highest BCUT2D eigenvalue weighted by Crippen LogP contribution is 2.33. The van der Waals surface area contributed by atoms with Gasteiger partial charge in [0.25, 0.3) is 5.91 Å². The molecule has 4 heterocycles. The number of carboxylic acid groups (broad SMARTS) is 1. The normalized spacial score (nSPS) is 17.5. The Morgan fingerprint density at radius 2 is 1.73 bits per heavy atom. The van der Waals surface area contributed by atoms with E-state index in [4.69, 9.17) is 26.2 Å². The molecule has 3 aromatic rings. The van der Waals surface area contributed by atoms with Gasteiger partial charge in [0, 0.05) is 71.7 Å². The maximum absolute atomic E-state index is 13.1. The predicted octanol–water partition coefficient (Wildman–Crippen LogP) is 5.73. The van der Waals surface area contributed by atoms with E-state index in [1.165, 1.54) is 18.4 Å². The molecule has 3 aliphatic rings. The lowest BCUT2D eigenvalue weighted by Gasteiger charge is -2.28. The number of nitrogens with one attached hydrogen (secondary N) is 2. The number of hydrogen-bond acceptors (Lipinski definition) is 5. The highest BCUT2D eigenvalue weighted by Gasteiger charge is 2.38. The number of urea groups is 1. The molecule has 0 unspecified atom stereocenters. The average molecular weight is 648 g/mol. The molecule has 1 saturated carbocycles. The Hall–Kier alpha value is -4.10. The molecule has 0 radical (unpaired) electrons. The van der Waals surface area contributed by atoms with Crippen LogP contribution in [0.25, 0.3) is 27.7 Å². The molecule has 10 nitrogen and oxygen atoms in total. The fourth-order valence-electron chi connectivity index (χ4n) is 5.69. The highest BCUT2D eigenvalue weighted by atomic mass is 35.5. The van der Waals surface area contributed by atoms with Crippen molar-refractivity contribution in [3.05, 3.63) is 58.9 Å². The minimum atomic E-state index is -5.08. The van der Waals surface area contributed by atoms with Crippen molar-refractivity contribution in [1.82, 2.24) is 25.1 Å². The van der Waals surface area contributed by atoms with Crippen molar-refractivity contribution in [1.29, 1.82) is 0 Å². The maximum Gasteiger partial charge on any atom is 0.490 e. The van der Waals surface area contributed by atoms with E-state index in [0.717, 1.165) is 47.0 Å². The number of pyridine rings is 1. The summed E-state index contributed by atoms with van der Waals surface area (Å²) >= 11 is 6.46. The number of halogens is 4. The highest BCUT2D eigenvalue weighted by molar-refractivity contribution is 6.31. The van der Waals surface area contributed by atoms with E-state index >= 15 is 0 Å². The summed E-state index contributed by atoms with van der Waals surface area (Å²) in [5, 5.41) is 11.8. The van der Waals surface area contributed by atoms with E-state index in [0.29, 0.717) is 56.0 Å². The number of rotatable bonds is 4. The zero-order chi connectivity index (χ0) is 32.1. The Labute approximate surface area is 262 Å². The molecule has 2 aromatic heterocycles. The summed E-state index contributed by atoms with van der Waals surface area (Å²) in [6, 6.07) is 7.94. The third kappa shape index (κ3) is 7.95. The molecule has 3 amide bonds. The zero-order valence-electron chi connectivity index (χ0n) is 24.3. The lowest BCUT2D eigenvalue weighted by atomic mass is 9.97. The number of benzene rings is 1. The Morgan fingerprint density at radius 1 is 1.02 bits per heavy atom. The van der Waals surface area contributed by atoms with Crippen LogP contribution in [0.15, 0.2) is 42.7 Å². The summed E-state index contributed by atoms with van der Waals surface area (Å²) in [5.41, 5.74) is 5.41. The van der Waals surface area contributed by atoms with Gasteiger partial charge in [-0.15, -0.1) is 0 Å². The van der Waals surface area contributed by atoms with E-state index in [1.807, 2.05) is 29.4 Å². The van der Waals surface area contributed by atoms with Gasteiger partial charge in [-0.05, 0) is 54.7 Å². The first kappa shape index (κ1) is 32.3. The van der Waals surface area contributed by atoms with Gasteiger partial charge in [-0.3, -0.25) is 4.79 Å². The smallest absolute Gasteiger partial charge is 0.475 e. The molecule has 1 aliphatic carbocycles. The molecular weight excluding hydrogens is 615 g/mol. The quantitative estimate of drug-likeness (QED) is 0.332. The Bertz CT molecular complexity index is 1600. The number of nitrogens with zero attached hydrogens (tertiary/aromatic N) is 3. The third-order valence-corrected chi connectivity index (χ3v) is 8.29. The molecule has 0 atom stereocenters. The van der Waals surface area contributed by atoms with Crippen molar-refractivity contribution in [3.63, 3.8) is 0 Å². The van der Waals surface area contributed by atoms with Gasteiger partial charge in [0.2, 0.25) is 0 Å². The van der Waals surface area contributed by atoms with E-state index < -0.39 is 12.1 Å². The van der Waals surface area contributed by atoms with Crippen LogP contribution in [0, 0.1) is 0 Å². The molecule has 2 fully saturated rings. The molecule has 45 heavy (non-hydrogen) atoms. The van der Waals surface area contributed by atoms with Crippen molar-refractivity contribution < 1.29 is 37.4 Å². The van der Waals surface area contributed by atoms with Gasteiger partial charge in [-0.25, -0.2) is 14.6 Å². The van der Waals surface area contributed by atoms with Gasteiger partial charge in [0.15, 0.2) is 0 Å². The van der Waals surface area contributed by atoms with Crippen LogP contribution in [-0.4, -0.2) is 94.4 Å². The summed E-state index contributed by atoms with van der Waals surface area (Å²) in [5.74, 6) is -2.80. The summed E-state index contributed by atoms with van der Waals surface area (Å²) in [4.78, 5) is 46.3. The minimum absolute atomic E-state index is 0.0395. The van der Waals surface area contributed by atoms with Crippen molar-refractivity contribution in [2.45, 2.75) is 44.3 Å². The van der Waals surface area contributed by atoms with Crippen molar-refractivity contribution in [2.75, 3.05) is 39.4 Å². The summed E-state index contributed by atoms with van der Waals surface area (Å²) in [7, 11) is 0. The number of alkyl halides is 3. The number of aromatic amines is 1. The van der Waals surface area contributed by atoms with Gasteiger partial charge < -0.3 is 29.9 Å². The molecule has 2 aliphatic heterocycles. The summed E-state index contributed by atoms with van der Waals surface area (Å²) in [6.07, 6.45) is 6.21. The lowest BCUT2D eigenvalue weighted by Crippen LogP contribution is -2.45. The third-order valence-electron chi connectivity index (χ3n) is 8.08. The van der Waals surface area contributed by atoms with Crippen LogP contribution in [0.4, 0.5) is 18.0 Å². The number of aliphatic carboxylic acids is 1. The van der Waals surface area contributed by atoms with Crippen LogP contribution in [0.2, 0.25) is 5.02 Å². The SMILES string of the molecule is O=C(NC1CCCC1)N1CC=C(c2c[nH]c3ncc(-c4cc(Cl)cc(C(=O)N5CCOCC5)c4)cc23)CC1.O=C(O)C(F)(F)F. The predicted molar refractivity (Wildman–Crippen MR) is 162 cm³/mol. The topological polar surface area (TPSA) is 128 Å². The standard InChI is InChI=1S/C29H32ClN5O3.C2HF3O2/c30-23-14-20(13-21(15-23)28(36)34-9-11-38-12-10-34)22-16-25-26(18-32-27(25)31-17-22)19-5-7-35(8-6-19)29(37)33-24-3-1-2-4-24;3-2(4,5)1(6)7/h5,13-18,24H,1-4,6-12H2,(H,31,32)(H,33,37);(H,6,7). The number of fused-ring (bicyclic) bond motifs is 1. The van der Waals surface area contributed by atoms with Crippen molar-refractivity contribution in [3.8, 4) is 11.1 Å². The maximum atomic E-state index is 13.1. The zero-order valence-corrected chi connectivity index (χ0v) is 25.1. The molecule has 0 bridgehead atoms. The van der Waals surface area contributed by atoms with Crippen molar-refractivity contribution >= 4 is 46.1 Å². The number of aromatic nitrogens is 2. The number of H-pyrrole nitrogens is 1. The Balaban J connectivity index is 0.000000515. The number of ether oxygens (including phenoxy) is 1.